The number of hydrogen-bond acceptors (Lipinski definition) is 2. The van der Waals surface area contributed by atoms with Crippen molar-refractivity contribution in [3.63, 3.8) is 0 Å². The van der Waals surface area contributed by atoms with E-state index in [0.717, 1.165) is 6.07 Å². The van der Waals surface area contributed by atoms with E-state index in [1.165, 1.54) is 25.1 Å². The first kappa shape index (κ1) is 10.8. The van der Waals surface area contributed by atoms with E-state index in [-0.39, 0.29) is 11.3 Å². The van der Waals surface area contributed by atoms with Crippen molar-refractivity contribution in [3.8, 4) is 5.75 Å². The smallest absolute Gasteiger partial charge is 0.405 e. The number of halogens is 3. The van der Waals surface area contributed by atoms with Gasteiger partial charge in [0.2, 0.25) is 0 Å². The second-order valence-corrected chi connectivity index (χ2v) is 2.76. The highest BCUT2D eigenvalue weighted by molar-refractivity contribution is 5.34. The summed E-state index contributed by atoms with van der Waals surface area (Å²) in [6, 6.07) is 5.49. The lowest BCUT2D eigenvalue weighted by molar-refractivity contribution is -0.275. The largest absolute Gasteiger partial charge is 0.573 e. The van der Waals surface area contributed by atoms with Gasteiger partial charge in [0.05, 0.1) is 6.10 Å². The van der Waals surface area contributed by atoms with Gasteiger partial charge in [-0.2, -0.15) is 0 Å². The van der Waals surface area contributed by atoms with Crippen LogP contribution in [0.25, 0.3) is 0 Å². The van der Waals surface area contributed by atoms with E-state index in [0.29, 0.717) is 0 Å². The Morgan fingerprint density at radius 3 is 2.36 bits per heavy atom. The van der Waals surface area contributed by atoms with Crippen molar-refractivity contribution in [2.24, 2.45) is 0 Å². The molecule has 1 atom stereocenters. The number of para-hydroxylation sites is 1. The van der Waals surface area contributed by atoms with Gasteiger partial charge in [0.15, 0.2) is 0 Å². The minimum atomic E-state index is -4.73. The van der Waals surface area contributed by atoms with Gasteiger partial charge < -0.3 is 9.84 Å². The van der Waals surface area contributed by atoms with Crippen LogP contribution in [0.2, 0.25) is 0 Å². The quantitative estimate of drug-likeness (QED) is 0.805. The van der Waals surface area contributed by atoms with Gasteiger partial charge in [-0.1, -0.05) is 18.2 Å². The molecule has 0 saturated heterocycles. The first-order valence-electron chi connectivity index (χ1n) is 3.93. The Hall–Kier alpha value is -1.23. The lowest BCUT2D eigenvalue weighted by Crippen LogP contribution is -2.18. The number of aliphatic hydroxyl groups is 1. The van der Waals surface area contributed by atoms with E-state index >= 15 is 0 Å². The minimum Gasteiger partial charge on any atom is -0.405 e. The molecule has 2 nitrogen and oxygen atoms in total. The Kier molecular flexibility index (Phi) is 3.00. The van der Waals surface area contributed by atoms with Crippen LogP contribution in [0.5, 0.6) is 5.75 Å². The maximum atomic E-state index is 11.9. The van der Waals surface area contributed by atoms with Crippen LogP contribution in [0.3, 0.4) is 0 Å². The molecule has 0 heterocycles. The molecule has 0 aliphatic rings. The van der Waals surface area contributed by atoms with Gasteiger partial charge in [-0.15, -0.1) is 13.2 Å². The molecule has 0 spiro atoms. The van der Waals surface area contributed by atoms with Crippen molar-refractivity contribution in [1.82, 2.24) is 0 Å². The van der Waals surface area contributed by atoms with Gasteiger partial charge in [0.25, 0.3) is 0 Å². The third kappa shape index (κ3) is 2.92. The highest BCUT2D eigenvalue weighted by Gasteiger charge is 2.32. The van der Waals surface area contributed by atoms with Gasteiger partial charge in [-0.25, -0.2) is 0 Å². The van der Waals surface area contributed by atoms with Crippen molar-refractivity contribution in [3.05, 3.63) is 29.8 Å². The van der Waals surface area contributed by atoms with E-state index in [2.05, 4.69) is 4.74 Å². The Labute approximate surface area is 78.9 Å². The second kappa shape index (κ2) is 3.88. The molecule has 0 aromatic heterocycles. The fraction of sp³-hybridized carbons (Fsp3) is 0.333. The Balaban J connectivity index is 2.96. The number of aliphatic hydroxyl groups excluding tert-OH is 1. The molecule has 0 aliphatic carbocycles. The van der Waals surface area contributed by atoms with Gasteiger partial charge in [-0.05, 0) is 13.0 Å². The molecule has 0 bridgehead atoms. The minimum absolute atomic E-state index is 0.116. The second-order valence-electron chi connectivity index (χ2n) is 2.76. The van der Waals surface area contributed by atoms with Crippen molar-refractivity contribution in [2.75, 3.05) is 0 Å². The molecule has 0 amide bonds. The summed E-state index contributed by atoms with van der Waals surface area (Å²) < 4.78 is 39.4. The molecule has 5 heteroatoms. The third-order valence-corrected chi connectivity index (χ3v) is 1.59. The average molecular weight is 206 g/mol. The molecule has 14 heavy (non-hydrogen) atoms. The van der Waals surface area contributed by atoms with E-state index in [1.807, 2.05) is 0 Å². The SMILES string of the molecule is CC(O)c1ccccc1OC(F)(F)F. The first-order chi connectivity index (χ1) is 6.40. The van der Waals surface area contributed by atoms with E-state index in [9.17, 15) is 13.2 Å². The predicted octanol–water partition coefficient (Wildman–Crippen LogP) is 2.64. The van der Waals surface area contributed by atoms with Crippen LogP contribution in [0.4, 0.5) is 13.2 Å². The van der Waals surface area contributed by atoms with Gasteiger partial charge in [0, 0.05) is 5.56 Å². The summed E-state index contributed by atoms with van der Waals surface area (Å²) >= 11 is 0. The Morgan fingerprint density at radius 1 is 1.29 bits per heavy atom. The van der Waals surface area contributed by atoms with Crippen LogP contribution in [0.1, 0.15) is 18.6 Å². The summed E-state index contributed by atoms with van der Waals surface area (Å²) in [6.07, 6.45) is -5.72. The number of rotatable bonds is 2. The molecule has 0 saturated carbocycles. The molecular weight excluding hydrogens is 197 g/mol. The van der Waals surface area contributed by atoms with Crippen molar-refractivity contribution in [1.29, 1.82) is 0 Å². The zero-order valence-electron chi connectivity index (χ0n) is 7.38. The average Bonchev–Trinajstić information content (AvgIpc) is 2.01. The van der Waals surface area contributed by atoms with Gasteiger partial charge in [-0.3, -0.25) is 0 Å². The molecule has 0 radical (unpaired) electrons. The lowest BCUT2D eigenvalue weighted by Gasteiger charge is -2.14. The van der Waals surface area contributed by atoms with Crippen molar-refractivity contribution in [2.45, 2.75) is 19.4 Å². The topological polar surface area (TPSA) is 29.5 Å². The fourth-order valence-corrected chi connectivity index (χ4v) is 1.04. The normalized spacial score (nSPS) is 13.8. The number of hydrogen-bond donors (Lipinski definition) is 1. The highest BCUT2D eigenvalue weighted by atomic mass is 19.4. The molecule has 1 unspecified atom stereocenters. The summed E-state index contributed by atoms with van der Waals surface area (Å²) in [5.74, 6) is -0.366. The maximum Gasteiger partial charge on any atom is 0.573 e. The summed E-state index contributed by atoms with van der Waals surface area (Å²) in [7, 11) is 0. The van der Waals surface area contributed by atoms with Crippen LogP contribution in [0, 0.1) is 0 Å². The van der Waals surface area contributed by atoms with Gasteiger partial charge in [0.1, 0.15) is 5.75 Å². The standard InChI is InChI=1S/C9H9F3O2/c1-6(13)7-4-2-3-5-8(7)14-9(10,11)12/h2-6,13H,1H3. The van der Waals surface area contributed by atoms with E-state index < -0.39 is 12.5 Å². The van der Waals surface area contributed by atoms with Crippen molar-refractivity contribution >= 4 is 0 Å². The van der Waals surface area contributed by atoms with E-state index in [1.54, 1.807) is 0 Å². The number of ether oxygens (including phenoxy) is 1. The molecule has 0 fully saturated rings. The maximum absolute atomic E-state index is 11.9. The third-order valence-electron chi connectivity index (χ3n) is 1.59. The van der Waals surface area contributed by atoms with Crippen LogP contribution in [0.15, 0.2) is 24.3 Å². The van der Waals surface area contributed by atoms with Crippen LogP contribution in [-0.2, 0) is 0 Å². The summed E-state index contributed by atoms with van der Waals surface area (Å²) in [6.45, 7) is 1.37. The monoisotopic (exact) mass is 206 g/mol. The highest BCUT2D eigenvalue weighted by Crippen LogP contribution is 2.29. The molecule has 1 rings (SSSR count). The first-order valence-corrected chi connectivity index (χ1v) is 3.93. The number of alkyl halides is 3. The molecule has 78 valence electrons. The summed E-state index contributed by atoms with van der Waals surface area (Å²) in [4.78, 5) is 0. The van der Waals surface area contributed by atoms with E-state index in [4.69, 9.17) is 5.11 Å². The van der Waals surface area contributed by atoms with Crippen LogP contribution >= 0.6 is 0 Å². The fourth-order valence-electron chi connectivity index (χ4n) is 1.04. The molecule has 1 aromatic carbocycles. The zero-order valence-corrected chi connectivity index (χ0v) is 7.38. The molecule has 0 aliphatic heterocycles. The Morgan fingerprint density at radius 2 is 1.86 bits per heavy atom. The molecular formula is C9H9F3O2. The van der Waals surface area contributed by atoms with Gasteiger partial charge >= 0.3 is 6.36 Å². The van der Waals surface area contributed by atoms with Crippen LogP contribution < -0.4 is 4.74 Å². The predicted molar refractivity (Wildman–Crippen MR) is 43.8 cm³/mol. The van der Waals surface area contributed by atoms with Crippen LogP contribution in [-0.4, -0.2) is 11.5 Å². The number of benzene rings is 1. The summed E-state index contributed by atoms with van der Waals surface area (Å²) in [5.41, 5.74) is 0.116. The zero-order chi connectivity index (χ0) is 10.8. The molecule has 1 N–H and O–H groups in total. The molecule has 1 aromatic rings. The Bertz CT molecular complexity index is 307. The lowest BCUT2D eigenvalue weighted by atomic mass is 10.1. The summed E-state index contributed by atoms with van der Waals surface area (Å²) in [5, 5.41) is 9.15. The van der Waals surface area contributed by atoms with Crippen molar-refractivity contribution < 1.29 is 23.0 Å².